The molecule has 0 aliphatic rings. The van der Waals surface area contributed by atoms with Gasteiger partial charge in [-0.15, -0.1) is 0 Å². The van der Waals surface area contributed by atoms with Gasteiger partial charge >= 0.3 is 0 Å². The van der Waals surface area contributed by atoms with E-state index in [1.54, 1.807) is 30.3 Å². The molecule has 0 saturated carbocycles. The van der Waals surface area contributed by atoms with Crippen LogP contribution in [0.4, 0.5) is 5.69 Å². The lowest BCUT2D eigenvalue weighted by Gasteiger charge is -2.33. The van der Waals surface area contributed by atoms with E-state index in [9.17, 15) is 18.0 Å². The third kappa shape index (κ3) is 8.57. The fourth-order valence-electron chi connectivity index (χ4n) is 4.32. The lowest BCUT2D eigenvalue weighted by atomic mass is 10.0. The summed E-state index contributed by atoms with van der Waals surface area (Å²) >= 11 is 6.22. The van der Waals surface area contributed by atoms with Crippen LogP contribution in [0, 0.1) is 0 Å². The van der Waals surface area contributed by atoms with Gasteiger partial charge in [-0.2, -0.15) is 0 Å². The number of carbonyl (C=O) groups excluding carboxylic acids is 2. The van der Waals surface area contributed by atoms with Crippen LogP contribution in [0.3, 0.4) is 0 Å². The number of benzene rings is 3. The largest absolute Gasteiger partial charge is 0.355 e. The number of hydrogen-bond donors (Lipinski definition) is 1. The summed E-state index contributed by atoms with van der Waals surface area (Å²) in [7, 11) is -3.81. The molecule has 208 valence electrons. The summed E-state index contributed by atoms with van der Waals surface area (Å²) < 4.78 is 26.8. The van der Waals surface area contributed by atoms with Gasteiger partial charge in [-0.3, -0.25) is 13.9 Å². The Labute approximate surface area is 236 Å². The van der Waals surface area contributed by atoms with E-state index in [1.165, 1.54) is 4.90 Å². The number of nitrogens with one attached hydrogen (secondary N) is 1. The van der Waals surface area contributed by atoms with Crippen molar-refractivity contribution in [1.82, 2.24) is 10.2 Å². The van der Waals surface area contributed by atoms with Crippen molar-refractivity contribution in [3.63, 3.8) is 0 Å². The number of nitrogens with zero attached hydrogens (tertiary/aromatic N) is 2. The highest BCUT2D eigenvalue weighted by atomic mass is 35.5. The standard InChI is InChI=1S/C30H36ClN3O4S/c1-5-32-30(36)28(19-23-10-7-6-8-11-23)33(20-24-12-9-13-26(31)18-24)29(35)21-34(39(4,37)38)27-16-14-25(15-17-27)22(2)3/h6-18,22,28H,5,19-21H2,1-4H3,(H,32,36). The fraction of sp³-hybridized carbons (Fsp3) is 0.333. The summed E-state index contributed by atoms with van der Waals surface area (Å²) in [5.74, 6) is -0.541. The summed E-state index contributed by atoms with van der Waals surface area (Å²) in [6.45, 7) is 5.93. The molecule has 0 spiro atoms. The zero-order chi connectivity index (χ0) is 28.6. The second-order valence-corrected chi connectivity index (χ2v) is 12.1. The van der Waals surface area contributed by atoms with Crippen LogP contribution in [-0.4, -0.2) is 50.5 Å². The molecule has 7 nitrogen and oxygen atoms in total. The maximum atomic E-state index is 14.0. The third-order valence-corrected chi connectivity index (χ3v) is 7.77. The minimum atomic E-state index is -3.81. The Morgan fingerprint density at radius 3 is 2.13 bits per heavy atom. The van der Waals surface area contributed by atoms with Crippen LogP contribution < -0.4 is 9.62 Å². The van der Waals surface area contributed by atoms with Crippen LogP contribution in [0.1, 0.15) is 43.4 Å². The lowest BCUT2D eigenvalue weighted by Crippen LogP contribution is -2.53. The van der Waals surface area contributed by atoms with Gasteiger partial charge in [-0.25, -0.2) is 8.42 Å². The van der Waals surface area contributed by atoms with E-state index in [0.717, 1.165) is 27.3 Å². The van der Waals surface area contributed by atoms with E-state index in [2.05, 4.69) is 19.2 Å². The molecule has 1 unspecified atom stereocenters. The van der Waals surface area contributed by atoms with Crippen molar-refractivity contribution in [2.24, 2.45) is 0 Å². The smallest absolute Gasteiger partial charge is 0.244 e. The van der Waals surface area contributed by atoms with Crippen LogP contribution >= 0.6 is 11.6 Å². The summed E-state index contributed by atoms with van der Waals surface area (Å²) in [5, 5.41) is 3.34. The number of carbonyl (C=O) groups is 2. The van der Waals surface area contributed by atoms with Crippen molar-refractivity contribution in [2.45, 2.75) is 45.7 Å². The average Bonchev–Trinajstić information content (AvgIpc) is 2.89. The first-order valence-corrected chi connectivity index (χ1v) is 15.2. The summed E-state index contributed by atoms with van der Waals surface area (Å²) in [6, 6.07) is 22.7. The third-order valence-electron chi connectivity index (χ3n) is 6.39. The highest BCUT2D eigenvalue weighted by Crippen LogP contribution is 2.23. The molecule has 39 heavy (non-hydrogen) atoms. The highest BCUT2D eigenvalue weighted by molar-refractivity contribution is 7.92. The molecule has 0 aliphatic heterocycles. The Morgan fingerprint density at radius 2 is 1.56 bits per heavy atom. The van der Waals surface area contributed by atoms with Crippen LogP contribution in [-0.2, 0) is 32.6 Å². The van der Waals surface area contributed by atoms with Gasteiger partial charge in [0.1, 0.15) is 12.6 Å². The topological polar surface area (TPSA) is 86.8 Å². The van der Waals surface area contributed by atoms with Crippen molar-refractivity contribution in [3.8, 4) is 0 Å². The van der Waals surface area contributed by atoms with Gasteiger partial charge in [0, 0.05) is 24.5 Å². The minimum absolute atomic E-state index is 0.0813. The Hall–Kier alpha value is -3.36. The quantitative estimate of drug-likeness (QED) is 0.332. The zero-order valence-electron chi connectivity index (χ0n) is 22.8. The summed E-state index contributed by atoms with van der Waals surface area (Å²) in [4.78, 5) is 28.8. The number of sulfonamides is 1. The first-order valence-electron chi connectivity index (χ1n) is 12.9. The molecule has 0 aliphatic carbocycles. The summed E-state index contributed by atoms with van der Waals surface area (Å²) in [5.41, 5.74) is 3.04. The fourth-order valence-corrected chi connectivity index (χ4v) is 5.38. The maximum Gasteiger partial charge on any atom is 0.244 e. The molecule has 3 rings (SSSR count). The van der Waals surface area contributed by atoms with Gasteiger partial charge in [-0.1, -0.05) is 80.0 Å². The van der Waals surface area contributed by atoms with Crippen LogP contribution in [0.25, 0.3) is 0 Å². The predicted octanol–water partition coefficient (Wildman–Crippen LogP) is 5.01. The van der Waals surface area contributed by atoms with E-state index in [0.29, 0.717) is 17.3 Å². The molecule has 0 fully saturated rings. The maximum absolute atomic E-state index is 14.0. The molecule has 0 bridgehead atoms. The number of rotatable bonds is 12. The molecule has 3 aromatic carbocycles. The van der Waals surface area contributed by atoms with Gasteiger partial charge in [0.05, 0.1) is 11.9 Å². The molecule has 0 radical (unpaired) electrons. The molecular weight excluding hydrogens is 534 g/mol. The van der Waals surface area contributed by atoms with Gasteiger partial charge < -0.3 is 10.2 Å². The Bertz CT molecular complexity index is 1360. The van der Waals surface area contributed by atoms with Gasteiger partial charge in [0.25, 0.3) is 0 Å². The first kappa shape index (κ1) is 30.2. The Kier molecular flexibility index (Phi) is 10.5. The van der Waals surface area contributed by atoms with Crippen molar-refractivity contribution in [2.75, 3.05) is 23.7 Å². The lowest BCUT2D eigenvalue weighted by molar-refractivity contribution is -0.140. The van der Waals surface area contributed by atoms with Crippen molar-refractivity contribution < 1.29 is 18.0 Å². The van der Waals surface area contributed by atoms with E-state index in [4.69, 9.17) is 11.6 Å². The van der Waals surface area contributed by atoms with Crippen LogP contribution in [0.5, 0.6) is 0 Å². The average molecular weight is 570 g/mol. The molecule has 0 saturated heterocycles. The van der Waals surface area contributed by atoms with Crippen molar-refractivity contribution >= 4 is 39.1 Å². The molecule has 9 heteroatoms. The number of likely N-dealkylation sites (N-methyl/N-ethyl adjacent to an activating group) is 1. The monoisotopic (exact) mass is 569 g/mol. The van der Waals surface area contributed by atoms with E-state index in [1.807, 2.05) is 55.5 Å². The Morgan fingerprint density at radius 1 is 0.923 bits per heavy atom. The summed E-state index contributed by atoms with van der Waals surface area (Å²) in [6.07, 6.45) is 1.34. The van der Waals surface area contributed by atoms with Crippen molar-refractivity contribution in [1.29, 1.82) is 0 Å². The molecule has 2 amide bonds. The van der Waals surface area contributed by atoms with Crippen molar-refractivity contribution in [3.05, 3.63) is 101 Å². The van der Waals surface area contributed by atoms with Crippen LogP contribution in [0.15, 0.2) is 78.9 Å². The Balaban J connectivity index is 2.03. The second-order valence-electron chi connectivity index (χ2n) is 9.77. The molecule has 3 aromatic rings. The minimum Gasteiger partial charge on any atom is -0.355 e. The normalized spacial score (nSPS) is 12.2. The first-order chi connectivity index (χ1) is 18.5. The molecule has 0 heterocycles. The number of hydrogen-bond acceptors (Lipinski definition) is 4. The molecule has 1 N–H and O–H groups in total. The van der Waals surface area contributed by atoms with E-state index >= 15 is 0 Å². The highest BCUT2D eigenvalue weighted by Gasteiger charge is 2.32. The number of amides is 2. The van der Waals surface area contributed by atoms with E-state index < -0.39 is 28.5 Å². The SMILES string of the molecule is CCNC(=O)C(Cc1ccccc1)N(Cc1cccc(Cl)c1)C(=O)CN(c1ccc(C(C)C)cc1)S(C)(=O)=O. The molecule has 0 aromatic heterocycles. The van der Waals surface area contributed by atoms with E-state index in [-0.39, 0.29) is 24.8 Å². The van der Waals surface area contributed by atoms with Gasteiger partial charge in [-0.05, 0) is 53.8 Å². The predicted molar refractivity (Wildman–Crippen MR) is 157 cm³/mol. The van der Waals surface area contributed by atoms with Crippen LogP contribution in [0.2, 0.25) is 5.02 Å². The second kappa shape index (κ2) is 13.6. The molecular formula is C30H36ClN3O4S. The number of halogens is 1. The molecule has 1 atom stereocenters. The van der Waals surface area contributed by atoms with Gasteiger partial charge in [0.2, 0.25) is 21.8 Å². The number of anilines is 1. The van der Waals surface area contributed by atoms with Gasteiger partial charge in [0.15, 0.2) is 0 Å². The zero-order valence-corrected chi connectivity index (χ0v) is 24.4.